The van der Waals surface area contributed by atoms with Gasteiger partial charge in [-0.05, 0) is 38.0 Å². The van der Waals surface area contributed by atoms with Gasteiger partial charge in [-0.2, -0.15) is 35.8 Å². The lowest BCUT2D eigenvalue weighted by Crippen LogP contribution is -2.58. The van der Waals surface area contributed by atoms with Crippen LogP contribution in [0, 0.1) is 6.92 Å². The summed E-state index contributed by atoms with van der Waals surface area (Å²) < 4.78 is 101. The molecule has 1 heterocycles. The SMILES string of the molecule is Cc1c(C(=O)NNC(=O)COc2ccc(Cl)cc2Cl)oc2c1/C(=N/NC(=O)C(F)(F)C(F)(F)C(F)(F)F)CCC2. The number of carbonyl (C=O) groups is 3. The average molecular weight is 621 g/mol. The third-order valence-electron chi connectivity index (χ3n) is 5.43. The van der Waals surface area contributed by atoms with Crippen LogP contribution in [0.25, 0.3) is 0 Å². The second-order valence-corrected chi connectivity index (χ2v) is 9.06. The highest BCUT2D eigenvalue weighted by Gasteiger charge is 2.76. The monoisotopic (exact) mass is 620 g/mol. The molecule has 0 aliphatic heterocycles. The molecule has 18 heteroatoms. The first-order valence-corrected chi connectivity index (χ1v) is 11.7. The fourth-order valence-electron chi connectivity index (χ4n) is 3.46. The van der Waals surface area contributed by atoms with Gasteiger partial charge in [0.2, 0.25) is 0 Å². The Bertz CT molecular complexity index is 1360. The van der Waals surface area contributed by atoms with E-state index in [0.717, 1.165) is 5.43 Å². The number of hydrogen-bond acceptors (Lipinski definition) is 6. The van der Waals surface area contributed by atoms with Crippen LogP contribution in [-0.4, -0.2) is 48.1 Å². The predicted molar refractivity (Wildman–Crippen MR) is 125 cm³/mol. The van der Waals surface area contributed by atoms with Crippen molar-refractivity contribution in [1.29, 1.82) is 0 Å². The lowest BCUT2D eigenvalue weighted by Gasteiger charge is -2.26. The number of furan rings is 1. The molecule has 0 atom stereocenters. The van der Waals surface area contributed by atoms with Crippen LogP contribution in [0.2, 0.25) is 10.0 Å². The Morgan fingerprint density at radius 2 is 1.73 bits per heavy atom. The summed E-state index contributed by atoms with van der Waals surface area (Å²) in [7, 11) is 0. The smallest absolute Gasteiger partial charge is 0.460 e. The van der Waals surface area contributed by atoms with Crippen LogP contribution in [0.1, 0.15) is 40.3 Å². The lowest BCUT2D eigenvalue weighted by atomic mass is 9.93. The van der Waals surface area contributed by atoms with E-state index < -0.39 is 42.3 Å². The van der Waals surface area contributed by atoms with Crippen molar-refractivity contribution in [3.05, 3.63) is 50.9 Å². The normalized spacial score (nSPS) is 14.9. The molecule has 1 aromatic heterocycles. The van der Waals surface area contributed by atoms with E-state index in [0.29, 0.717) is 5.02 Å². The minimum atomic E-state index is -6.70. The number of alkyl halides is 7. The molecule has 1 aromatic carbocycles. The topological polar surface area (TPSA) is 122 Å². The van der Waals surface area contributed by atoms with Crippen LogP contribution in [-0.2, 0) is 16.0 Å². The van der Waals surface area contributed by atoms with Crippen molar-refractivity contribution in [3.63, 3.8) is 0 Å². The number of nitrogens with one attached hydrogen (secondary N) is 3. The summed E-state index contributed by atoms with van der Waals surface area (Å²) in [5.74, 6) is -17.7. The number of hydrazine groups is 1. The Hall–Kier alpha value is -3.53. The summed E-state index contributed by atoms with van der Waals surface area (Å²) in [4.78, 5) is 36.1. The second-order valence-electron chi connectivity index (χ2n) is 8.22. The molecule has 0 unspecified atom stereocenters. The van der Waals surface area contributed by atoms with E-state index in [1.165, 1.54) is 25.1 Å². The molecule has 1 aliphatic carbocycles. The molecule has 0 radical (unpaired) electrons. The standard InChI is InChI=1S/C22H17Cl2F7N4O5/c1-9-16-12(32-35-19(38)20(25,26)21(27,28)22(29,30)31)3-2-4-14(16)40-17(9)18(37)34-33-15(36)8-39-13-6-5-10(23)7-11(13)24/h5-7H,2-4,8H2,1H3,(H,33,36)(H,34,37)(H,35,38)/b32-12+. The number of hydrazone groups is 1. The van der Waals surface area contributed by atoms with Gasteiger partial charge in [-0.1, -0.05) is 23.2 Å². The highest BCUT2D eigenvalue weighted by Crippen LogP contribution is 2.46. The molecule has 3 N–H and O–H groups in total. The van der Waals surface area contributed by atoms with Crippen LogP contribution in [0.4, 0.5) is 30.7 Å². The van der Waals surface area contributed by atoms with Crippen LogP contribution in [0.15, 0.2) is 27.7 Å². The van der Waals surface area contributed by atoms with Crippen molar-refractivity contribution in [1.82, 2.24) is 16.3 Å². The first-order chi connectivity index (χ1) is 18.5. The highest BCUT2D eigenvalue weighted by atomic mass is 35.5. The Morgan fingerprint density at radius 1 is 1.05 bits per heavy atom. The van der Waals surface area contributed by atoms with Crippen molar-refractivity contribution in [3.8, 4) is 5.75 Å². The number of nitrogens with zero attached hydrogens (tertiary/aromatic N) is 1. The fraction of sp³-hybridized carbons (Fsp3) is 0.364. The summed E-state index contributed by atoms with van der Waals surface area (Å²) in [6.07, 6.45) is -6.28. The van der Waals surface area contributed by atoms with Crippen LogP contribution in [0.3, 0.4) is 0 Å². The van der Waals surface area contributed by atoms with Gasteiger partial charge in [-0.25, -0.2) is 5.43 Å². The second kappa shape index (κ2) is 11.5. The van der Waals surface area contributed by atoms with E-state index in [2.05, 4.69) is 16.0 Å². The molecular formula is C22H17Cl2F7N4O5. The van der Waals surface area contributed by atoms with E-state index in [1.807, 2.05) is 0 Å². The van der Waals surface area contributed by atoms with Crippen LogP contribution in [0.5, 0.6) is 5.75 Å². The maximum absolute atomic E-state index is 13.6. The van der Waals surface area contributed by atoms with E-state index >= 15 is 0 Å². The minimum Gasteiger partial charge on any atom is -0.482 e. The first kappa shape index (κ1) is 31.0. The Morgan fingerprint density at radius 3 is 2.35 bits per heavy atom. The van der Waals surface area contributed by atoms with Gasteiger partial charge in [0.15, 0.2) is 12.4 Å². The average Bonchev–Trinajstić information content (AvgIpc) is 3.21. The summed E-state index contributed by atoms with van der Waals surface area (Å²) in [6, 6.07) is 4.26. The highest BCUT2D eigenvalue weighted by molar-refractivity contribution is 6.35. The van der Waals surface area contributed by atoms with Gasteiger partial charge in [0.25, 0.3) is 5.91 Å². The zero-order chi connectivity index (χ0) is 30.0. The van der Waals surface area contributed by atoms with Crippen molar-refractivity contribution < 1.29 is 54.3 Å². The maximum atomic E-state index is 13.6. The van der Waals surface area contributed by atoms with Gasteiger partial charge in [0, 0.05) is 22.6 Å². The van der Waals surface area contributed by atoms with Crippen LogP contribution >= 0.6 is 23.2 Å². The number of amides is 3. The number of rotatable bonds is 7. The van der Waals surface area contributed by atoms with Crippen LogP contribution < -0.4 is 21.0 Å². The van der Waals surface area contributed by atoms with Gasteiger partial charge in [0.05, 0.1) is 10.7 Å². The van der Waals surface area contributed by atoms with Gasteiger partial charge in [-0.3, -0.25) is 25.2 Å². The molecule has 0 spiro atoms. The van der Waals surface area contributed by atoms with Crippen molar-refractivity contribution in [2.45, 2.75) is 44.2 Å². The zero-order valence-corrected chi connectivity index (χ0v) is 21.5. The van der Waals surface area contributed by atoms with E-state index in [-0.39, 0.29) is 58.4 Å². The molecule has 0 bridgehead atoms. The molecule has 9 nitrogen and oxygen atoms in total. The molecule has 40 heavy (non-hydrogen) atoms. The Labute approximate surface area is 230 Å². The minimum absolute atomic E-state index is 0.0305. The van der Waals surface area contributed by atoms with Gasteiger partial charge >= 0.3 is 29.8 Å². The number of benzene rings is 1. The number of carbonyl (C=O) groups excluding carboxylic acids is 3. The van der Waals surface area contributed by atoms with E-state index in [1.54, 1.807) is 0 Å². The summed E-state index contributed by atoms with van der Waals surface area (Å²) >= 11 is 11.7. The molecule has 1 aliphatic rings. The lowest BCUT2D eigenvalue weighted by molar-refractivity contribution is -0.344. The van der Waals surface area contributed by atoms with Gasteiger partial charge in [-0.15, -0.1) is 0 Å². The molecule has 0 saturated heterocycles. The summed E-state index contributed by atoms with van der Waals surface area (Å²) in [6.45, 7) is 0.767. The van der Waals surface area contributed by atoms with Crippen molar-refractivity contribution in [2.24, 2.45) is 5.10 Å². The van der Waals surface area contributed by atoms with E-state index in [9.17, 15) is 45.1 Å². The number of hydrogen-bond donors (Lipinski definition) is 3. The third-order valence-corrected chi connectivity index (χ3v) is 5.96. The Kier molecular flexibility index (Phi) is 8.93. The van der Waals surface area contributed by atoms with Crippen molar-refractivity contribution in [2.75, 3.05) is 6.61 Å². The zero-order valence-electron chi connectivity index (χ0n) is 20.0. The molecule has 3 amide bonds. The Balaban J connectivity index is 1.68. The molecule has 218 valence electrons. The number of halogens is 9. The number of aryl methyl sites for hydroxylation is 1. The molecule has 3 rings (SSSR count). The first-order valence-electron chi connectivity index (χ1n) is 11.0. The van der Waals surface area contributed by atoms with Gasteiger partial charge < -0.3 is 9.15 Å². The predicted octanol–water partition coefficient (Wildman–Crippen LogP) is 4.72. The summed E-state index contributed by atoms with van der Waals surface area (Å²) in [5.41, 5.74) is 5.06. The molecule has 0 saturated carbocycles. The molecular weight excluding hydrogens is 604 g/mol. The maximum Gasteiger partial charge on any atom is 0.460 e. The fourth-order valence-corrected chi connectivity index (χ4v) is 3.92. The van der Waals surface area contributed by atoms with E-state index in [4.69, 9.17) is 32.4 Å². The number of fused-ring (bicyclic) bond motifs is 1. The largest absolute Gasteiger partial charge is 0.482 e. The third kappa shape index (κ3) is 6.27. The van der Waals surface area contributed by atoms with Crippen molar-refractivity contribution >= 4 is 46.6 Å². The molecule has 0 fully saturated rings. The number of ether oxygens (including phenoxy) is 1. The molecule has 2 aromatic rings. The quantitative estimate of drug-likeness (QED) is 0.305. The summed E-state index contributed by atoms with van der Waals surface area (Å²) in [5, 5.41) is 3.77. The van der Waals surface area contributed by atoms with Gasteiger partial charge in [0.1, 0.15) is 11.5 Å².